The number of aliphatic hydroxyl groups excluding tert-OH is 1. The van der Waals surface area contributed by atoms with Crippen molar-refractivity contribution in [3.05, 3.63) is 52.8 Å². The molecule has 1 aliphatic heterocycles. The maximum absolute atomic E-state index is 12.5. The van der Waals surface area contributed by atoms with Crippen LogP contribution >= 0.6 is 0 Å². The summed E-state index contributed by atoms with van der Waals surface area (Å²) < 4.78 is 39.4. The highest BCUT2D eigenvalue weighted by molar-refractivity contribution is 5.78. The molecule has 1 N–H and O–H groups in total. The van der Waals surface area contributed by atoms with E-state index in [4.69, 9.17) is 5.11 Å². The number of benzene rings is 1. The van der Waals surface area contributed by atoms with Crippen molar-refractivity contribution in [1.82, 2.24) is 14.7 Å². The molecule has 2 aromatic rings. The SMILES string of the molecule is O=C(Cc1ccc(C(F)(F)F)cc1)N1CCn2nc(CO)cc2C1. The summed E-state index contributed by atoms with van der Waals surface area (Å²) in [6.45, 7) is 1.25. The van der Waals surface area contributed by atoms with Gasteiger partial charge in [-0.15, -0.1) is 0 Å². The van der Waals surface area contributed by atoms with Crippen molar-refractivity contribution in [2.75, 3.05) is 6.54 Å². The van der Waals surface area contributed by atoms with Gasteiger partial charge >= 0.3 is 6.18 Å². The number of fused-ring (bicyclic) bond motifs is 1. The first kappa shape index (κ1) is 16.5. The molecule has 0 saturated heterocycles. The molecule has 8 heteroatoms. The van der Waals surface area contributed by atoms with Gasteiger partial charge in [0.2, 0.25) is 5.91 Å². The van der Waals surface area contributed by atoms with Crippen molar-refractivity contribution < 1.29 is 23.1 Å². The lowest BCUT2D eigenvalue weighted by Crippen LogP contribution is -2.39. The minimum absolute atomic E-state index is 0.0547. The lowest BCUT2D eigenvalue weighted by atomic mass is 10.1. The van der Waals surface area contributed by atoms with E-state index in [1.54, 1.807) is 15.6 Å². The van der Waals surface area contributed by atoms with Crippen LogP contribution in [0.25, 0.3) is 0 Å². The molecular weight excluding hydrogens is 323 g/mol. The number of rotatable bonds is 3. The summed E-state index contributed by atoms with van der Waals surface area (Å²) in [5.74, 6) is -0.146. The van der Waals surface area contributed by atoms with Gasteiger partial charge in [0.25, 0.3) is 0 Å². The lowest BCUT2D eigenvalue weighted by Gasteiger charge is -2.27. The predicted octanol–water partition coefficient (Wildman–Crippen LogP) is 1.98. The maximum atomic E-state index is 12.5. The smallest absolute Gasteiger partial charge is 0.390 e. The minimum Gasteiger partial charge on any atom is -0.390 e. The molecule has 1 aromatic carbocycles. The van der Waals surface area contributed by atoms with E-state index in [2.05, 4.69) is 5.10 Å². The lowest BCUT2D eigenvalue weighted by molar-refractivity contribution is -0.137. The molecule has 0 unspecified atom stereocenters. The first-order valence-electron chi connectivity index (χ1n) is 7.47. The average Bonchev–Trinajstić information content (AvgIpc) is 2.96. The molecule has 0 aliphatic carbocycles. The predicted molar refractivity (Wildman–Crippen MR) is 78.7 cm³/mol. The average molecular weight is 339 g/mol. The van der Waals surface area contributed by atoms with Crippen molar-refractivity contribution in [2.45, 2.75) is 32.3 Å². The van der Waals surface area contributed by atoms with E-state index in [9.17, 15) is 18.0 Å². The summed E-state index contributed by atoms with van der Waals surface area (Å²) in [5.41, 5.74) is 1.22. The minimum atomic E-state index is -4.38. The number of halogens is 3. The zero-order valence-electron chi connectivity index (χ0n) is 12.8. The fourth-order valence-corrected chi connectivity index (χ4v) is 2.71. The Morgan fingerprint density at radius 2 is 1.92 bits per heavy atom. The number of amides is 1. The van der Waals surface area contributed by atoms with Crippen LogP contribution in [0.15, 0.2) is 30.3 Å². The van der Waals surface area contributed by atoms with Crippen molar-refractivity contribution >= 4 is 5.91 Å². The second-order valence-electron chi connectivity index (χ2n) is 5.70. The Labute approximate surface area is 136 Å². The number of hydrogen-bond acceptors (Lipinski definition) is 3. The molecule has 0 radical (unpaired) electrons. The van der Waals surface area contributed by atoms with Gasteiger partial charge in [-0.2, -0.15) is 18.3 Å². The summed E-state index contributed by atoms with van der Waals surface area (Å²) in [7, 11) is 0. The monoisotopic (exact) mass is 339 g/mol. The Kier molecular flexibility index (Phi) is 4.31. The quantitative estimate of drug-likeness (QED) is 0.930. The van der Waals surface area contributed by atoms with Crippen LogP contribution < -0.4 is 0 Å². The molecule has 0 bridgehead atoms. The van der Waals surface area contributed by atoms with Gasteiger partial charge in [-0.1, -0.05) is 12.1 Å². The third kappa shape index (κ3) is 3.43. The van der Waals surface area contributed by atoms with Crippen LogP contribution in [0.3, 0.4) is 0 Å². The normalized spacial score (nSPS) is 14.6. The van der Waals surface area contributed by atoms with E-state index >= 15 is 0 Å². The Morgan fingerprint density at radius 1 is 1.21 bits per heavy atom. The van der Waals surface area contributed by atoms with Gasteiger partial charge in [0.15, 0.2) is 0 Å². The summed E-state index contributed by atoms with van der Waals surface area (Å²) in [4.78, 5) is 14.0. The number of aromatic nitrogens is 2. The van der Waals surface area contributed by atoms with E-state index in [0.717, 1.165) is 17.8 Å². The van der Waals surface area contributed by atoms with Crippen LogP contribution in [0.2, 0.25) is 0 Å². The van der Waals surface area contributed by atoms with Crippen molar-refractivity contribution in [2.24, 2.45) is 0 Å². The Balaban J connectivity index is 1.65. The summed E-state index contributed by atoms with van der Waals surface area (Å²) >= 11 is 0. The largest absolute Gasteiger partial charge is 0.416 e. The molecule has 0 fully saturated rings. The zero-order valence-corrected chi connectivity index (χ0v) is 12.8. The third-order valence-corrected chi connectivity index (χ3v) is 4.00. The van der Waals surface area contributed by atoms with E-state index < -0.39 is 11.7 Å². The Morgan fingerprint density at radius 3 is 2.54 bits per heavy atom. The van der Waals surface area contributed by atoms with E-state index in [1.807, 2.05) is 0 Å². The molecule has 1 amide bonds. The van der Waals surface area contributed by atoms with Gasteiger partial charge in [0, 0.05) is 6.54 Å². The van der Waals surface area contributed by atoms with Gasteiger partial charge in [0.05, 0.1) is 43.1 Å². The van der Waals surface area contributed by atoms with Crippen molar-refractivity contribution in [1.29, 1.82) is 0 Å². The topological polar surface area (TPSA) is 58.4 Å². The number of aliphatic hydroxyl groups is 1. The number of carbonyl (C=O) groups excluding carboxylic acids is 1. The van der Waals surface area contributed by atoms with Crippen LogP contribution in [0.1, 0.15) is 22.5 Å². The molecule has 3 rings (SSSR count). The first-order valence-corrected chi connectivity index (χ1v) is 7.47. The summed E-state index contributed by atoms with van der Waals surface area (Å²) in [6, 6.07) is 6.39. The number of carbonyl (C=O) groups is 1. The highest BCUT2D eigenvalue weighted by Crippen LogP contribution is 2.29. The summed E-state index contributed by atoms with van der Waals surface area (Å²) in [5, 5.41) is 13.3. The van der Waals surface area contributed by atoms with Crippen LogP contribution in [0.4, 0.5) is 13.2 Å². The highest BCUT2D eigenvalue weighted by atomic mass is 19.4. The molecule has 24 heavy (non-hydrogen) atoms. The summed E-state index contributed by atoms with van der Waals surface area (Å²) in [6.07, 6.45) is -4.32. The second-order valence-corrected chi connectivity index (χ2v) is 5.70. The number of hydrogen-bond donors (Lipinski definition) is 1. The van der Waals surface area contributed by atoms with E-state index in [1.165, 1.54) is 12.1 Å². The number of alkyl halides is 3. The van der Waals surface area contributed by atoms with Gasteiger partial charge in [-0.25, -0.2) is 0 Å². The molecule has 5 nitrogen and oxygen atoms in total. The zero-order chi connectivity index (χ0) is 17.3. The van der Waals surface area contributed by atoms with Crippen LogP contribution in [0.5, 0.6) is 0 Å². The number of nitrogens with zero attached hydrogens (tertiary/aromatic N) is 3. The standard InChI is InChI=1S/C16H16F3N3O2/c17-16(18,19)12-3-1-11(2-4-12)7-15(24)21-5-6-22-14(9-21)8-13(10-23)20-22/h1-4,8,23H,5-7,9-10H2. The van der Waals surface area contributed by atoms with E-state index in [0.29, 0.717) is 30.9 Å². The van der Waals surface area contributed by atoms with Crippen LogP contribution in [-0.2, 0) is 37.1 Å². The fourth-order valence-electron chi connectivity index (χ4n) is 2.71. The van der Waals surface area contributed by atoms with Gasteiger partial charge in [-0.05, 0) is 23.8 Å². The third-order valence-electron chi connectivity index (χ3n) is 4.00. The molecule has 1 aromatic heterocycles. The molecule has 0 atom stereocenters. The second kappa shape index (κ2) is 6.27. The van der Waals surface area contributed by atoms with Gasteiger partial charge in [-0.3, -0.25) is 9.48 Å². The van der Waals surface area contributed by atoms with Crippen molar-refractivity contribution in [3.8, 4) is 0 Å². The molecule has 0 spiro atoms. The first-order chi connectivity index (χ1) is 11.4. The Bertz CT molecular complexity index is 738. The molecule has 0 saturated carbocycles. The fraction of sp³-hybridized carbons (Fsp3) is 0.375. The molecular formula is C16H16F3N3O2. The van der Waals surface area contributed by atoms with Crippen LogP contribution in [0, 0.1) is 0 Å². The Hall–Kier alpha value is -2.35. The van der Waals surface area contributed by atoms with Gasteiger partial charge in [0.1, 0.15) is 0 Å². The van der Waals surface area contributed by atoms with E-state index in [-0.39, 0.29) is 18.9 Å². The van der Waals surface area contributed by atoms with Crippen molar-refractivity contribution in [3.63, 3.8) is 0 Å². The van der Waals surface area contributed by atoms with Gasteiger partial charge < -0.3 is 10.0 Å². The highest BCUT2D eigenvalue weighted by Gasteiger charge is 2.30. The maximum Gasteiger partial charge on any atom is 0.416 e. The molecule has 2 heterocycles. The molecule has 1 aliphatic rings. The van der Waals surface area contributed by atoms with Crippen LogP contribution in [-0.4, -0.2) is 32.2 Å². The molecule has 128 valence electrons.